The average molecular weight is 332 g/mol. The van der Waals surface area contributed by atoms with E-state index in [1.807, 2.05) is 0 Å². The van der Waals surface area contributed by atoms with Crippen LogP contribution in [0.5, 0.6) is 0 Å². The third kappa shape index (κ3) is 5.24. The predicted molar refractivity (Wildman–Crippen MR) is 79.4 cm³/mol. The quantitative estimate of drug-likeness (QED) is 0.780. The van der Waals surface area contributed by atoms with Gasteiger partial charge in [0.15, 0.2) is 6.29 Å². The molecule has 0 heterocycles. The minimum atomic E-state index is -4.54. The minimum Gasteiger partial charge on any atom is -0.394 e. The lowest BCUT2D eigenvalue weighted by Crippen LogP contribution is -2.49. The van der Waals surface area contributed by atoms with Crippen molar-refractivity contribution in [1.29, 1.82) is 0 Å². The molecule has 0 aliphatic carbocycles. The Morgan fingerprint density at radius 1 is 1.35 bits per heavy atom. The monoisotopic (exact) mass is 332 g/mol. The molecule has 23 heavy (non-hydrogen) atoms. The molecule has 1 rings (SSSR count). The molecule has 0 unspecified atom stereocenters. The third-order valence-corrected chi connectivity index (χ3v) is 3.15. The van der Waals surface area contributed by atoms with E-state index in [4.69, 9.17) is 5.11 Å². The number of aldehydes is 1. The summed E-state index contributed by atoms with van der Waals surface area (Å²) < 4.78 is 38.0. The van der Waals surface area contributed by atoms with Crippen LogP contribution in [0.3, 0.4) is 0 Å². The Labute approximate surface area is 132 Å². The maximum atomic E-state index is 12.7. The summed E-state index contributed by atoms with van der Waals surface area (Å²) in [6.07, 6.45) is -4.23. The van der Waals surface area contributed by atoms with Crippen LogP contribution in [0.25, 0.3) is 0 Å². The van der Waals surface area contributed by atoms with Crippen molar-refractivity contribution in [2.45, 2.75) is 25.6 Å². The first kappa shape index (κ1) is 19.0. The van der Waals surface area contributed by atoms with E-state index in [0.717, 1.165) is 18.2 Å². The number of hydrogen-bond donors (Lipinski definition) is 2. The van der Waals surface area contributed by atoms with Gasteiger partial charge >= 0.3 is 6.18 Å². The number of anilines is 1. The van der Waals surface area contributed by atoms with E-state index in [1.54, 1.807) is 13.8 Å². The Bertz CT molecular complexity index is 586. The number of aliphatic hydroxyl groups excluding tert-OH is 1. The summed E-state index contributed by atoms with van der Waals surface area (Å²) >= 11 is 0. The van der Waals surface area contributed by atoms with E-state index in [-0.39, 0.29) is 24.4 Å². The molecule has 0 radical (unpaired) electrons. The van der Waals surface area contributed by atoms with Crippen LogP contribution in [0, 0.1) is 0 Å². The smallest absolute Gasteiger partial charge is 0.394 e. The molecule has 0 spiro atoms. The normalized spacial score (nSPS) is 12.0. The highest BCUT2D eigenvalue weighted by molar-refractivity contribution is 5.88. The lowest BCUT2D eigenvalue weighted by Gasteiger charge is -2.26. The molecule has 0 atom stereocenters. The number of amides is 1. The summed E-state index contributed by atoms with van der Waals surface area (Å²) in [5, 5.41) is 11.7. The molecule has 8 heteroatoms. The molecule has 2 N–H and O–H groups in total. The number of rotatable bonds is 6. The minimum absolute atomic E-state index is 0.156. The largest absolute Gasteiger partial charge is 0.416 e. The van der Waals surface area contributed by atoms with Crippen LogP contribution in [0.15, 0.2) is 18.2 Å². The second kappa shape index (κ2) is 6.99. The second-order valence-corrected chi connectivity index (χ2v) is 5.84. The van der Waals surface area contributed by atoms with Crippen LogP contribution >= 0.6 is 0 Å². The molecular formula is C15H19F3N2O3. The molecule has 0 aliphatic heterocycles. The fourth-order valence-electron chi connectivity index (χ4n) is 1.93. The van der Waals surface area contributed by atoms with Crippen LogP contribution in [0.2, 0.25) is 0 Å². The van der Waals surface area contributed by atoms with Crippen molar-refractivity contribution < 1.29 is 27.9 Å². The van der Waals surface area contributed by atoms with Gasteiger partial charge in [0.05, 0.1) is 24.3 Å². The van der Waals surface area contributed by atoms with E-state index in [9.17, 15) is 22.8 Å². The second-order valence-electron chi connectivity index (χ2n) is 5.84. The Morgan fingerprint density at radius 3 is 2.43 bits per heavy atom. The molecule has 0 aliphatic rings. The van der Waals surface area contributed by atoms with E-state index >= 15 is 0 Å². The first-order valence-electron chi connectivity index (χ1n) is 6.79. The number of benzene rings is 1. The highest BCUT2D eigenvalue weighted by Gasteiger charge is 2.31. The summed E-state index contributed by atoms with van der Waals surface area (Å²) in [5.41, 5.74) is -1.69. The van der Waals surface area contributed by atoms with Gasteiger partial charge in [-0.05, 0) is 32.0 Å². The van der Waals surface area contributed by atoms with Gasteiger partial charge < -0.3 is 15.3 Å². The van der Waals surface area contributed by atoms with Gasteiger partial charge in [0.1, 0.15) is 0 Å². The van der Waals surface area contributed by atoms with Gasteiger partial charge in [-0.2, -0.15) is 13.2 Å². The standard InChI is InChI=1S/C15H19F3N2O3/c1-14(2,9-22)19-13(23)7-20(3)12-5-4-11(15(16,17)18)6-10(12)8-21/h4-6,8,22H,7,9H2,1-3H3,(H,19,23). The number of nitrogens with one attached hydrogen (secondary N) is 1. The maximum Gasteiger partial charge on any atom is 0.416 e. The highest BCUT2D eigenvalue weighted by Crippen LogP contribution is 2.32. The number of halogens is 3. The number of hydrogen-bond acceptors (Lipinski definition) is 4. The van der Waals surface area contributed by atoms with Gasteiger partial charge in [0, 0.05) is 18.3 Å². The van der Waals surface area contributed by atoms with Crippen LogP contribution in [0.1, 0.15) is 29.8 Å². The van der Waals surface area contributed by atoms with Crippen molar-refractivity contribution in [1.82, 2.24) is 5.32 Å². The van der Waals surface area contributed by atoms with E-state index < -0.39 is 23.2 Å². The number of alkyl halides is 3. The van der Waals surface area contributed by atoms with Gasteiger partial charge in [0.2, 0.25) is 5.91 Å². The number of carbonyl (C=O) groups excluding carboxylic acids is 2. The summed E-state index contributed by atoms with van der Waals surface area (Å²) in [6.45, 7) is 2.82. The molecule has 0 fully saturated rings. The molecule has 1 aromatic rings. The van der Waals surface area contributed by atoms with Crippen LogP contribution in [-0.4, -0.2) is 43.0 Å². The van der Waals surface area contributed by atoms with Crippen molar-refractivity contribution >= 4 is 17.9 Å². The Kier molecular flexibility index (Phi) is 5.76. The fourth-order valence-corrected chi connectivity index (χ4v) is 1.93. The van der Waals surface area contributed by atoms with Gasteiger partial charge in [-0.15, -0.1) is 0 Å². The first-order chi connectivity index (χ1) is 10.5. The van der Waals surface area contributed by atoms with Crippen molar-refractivity contribution in [2.75, 3.05) is 25.1 Å². The zero-order valence-corrected chi connectivity index (χ0v) is 13.1. The molecule has 128 valence electrons. The lowest BCUT2D eigenvalue weighted by atomic mass is 10.1. The van der Waals surface area contributed by atoms with Crippen molar-refractivity contribution in [3.05, 3.63) is 29.3 Å². The summed E-state index contributed by atoms with van der Waals surface area (Å²) in [6, 6.07) is 2.75. The molecule has 0 bridgehead atoms. The number of carbonyl (C=O) groups is 2. The highest BCUT2D eigenvalue weighted by atomic mass is 19.4. The van der Waals surface area contributed by atoms with Crippen LogP contribution < -0.4 is 10.2 Å². The van der Waals surface area contributed by atoms with Crippen molar-refractivity contribution in [3.8, 4) is 0 Å². The van der Waals surface area contributed by atoms with E-state index in [1.165, 1.54) is 11.9 Å². The molecule has 0 aromatic heterocycles. The SMILES string of the molecule is CN(CC(=O)NC(C)(C)CO)c1ccc(C(F)(F)F)cc1C=O. The topological polar surface area (TPSA) is 69.6 Å². The van der Waals surface area contributed by atoms with Gasteiger partial charge in [0.25, 0.3) is 0 Å². The van der Waals surface area contributed by atoms with E-state index in [2.05, 4.69) is 5.32 Å². The van der Waals surface area contributed by atoms with Crippen molar-refractivity contribution in [3.63, 3.8) is 0 Å². The lowest BCUT2D eigenvalue weighted by molar-refractivity contribution is -0.137. The van der Waals surface area contributed by atoms with Crippen LogP contribution in [-0.2, 0) is 11.0 Å². The number of nitrogens with zero attached hydrogens (tertiary/aromatic N) is 1. The zero-order valence-electron chi connectivity index (χ0n) is 13.1. The maximum absolute atomic E-state index is 12.7. The predicted octanol–water partition coefficient (Wildman–Crippen LogP) is 1.84. The zero-order chi connectivity index (χ0) is 17.8. The van der Waals surface area contributed by atoms with E-state index in [0.29, 0.717) is 6.29 Å². The molecular weight excluding hydrogens is 313 g/mol. The third-order valence-electron chi connectivity index (χ3n) is 3.15. The number of aliphatic hydroxyl groups is 1. The van der Waals surface area contributed by atoms with Gasteiger partial charge in [-0.1, -0.05) is 0 Å². The molecule has 1 amide bonds. The van der Waals surface area contributed by atoms with Crippen molar-refractivity contribution in [2.24, 2.45) is 0 Å². The fraction of sp³-hybridized carbons (Fsp3) is 0.467. The summed E-state index contributed by atoms with van der Waals surface area (Å²) in [7, 11) is 1.49. The molecule has 0 saturated carbocycles. The molecule has 1 aromatic carbocycles. The molecule has 5 nitrogen and oxygen atoms in total. The van der Waals surface area contributed by atoms with Gasteiger partial charge in [-0.25, -0.2) is 0 Å². The first-order valence-corrected chi connectivity index (χ1v) is 6.79. The van der Waals surface area contributed by atoms with Crippen LogP contribution in [0.4, 0.5) is 18.9 Å². The number of likely N-dealkylation sites (N-methyl/N-ethyl adjacent to an activating group) is 1. The molecule has 0 saturated heterocycles. The Morgan fingerprint density at radius 2 is 1.96 bits per heavy atom. The summed E-state index contributed by atoms with van der Waals surface area (Å²) in [5.74, 6) is -0.428. The average Bonchev–Trinajstić information content (AvgIpc) is 2.44. The Balaban J connectivity index is 2.94. The van der Waals surface area contributed by atoms with Gasteiger partial charge in [-0.3, -0.25) is 9.59 Å². The summed E-state index contributed by atoms with van der Waals surface area (Å²) in [4.78, 5) is 24.3. The Hall–Kier alpha value is -2.09.